The van der Waals surface area contributed by atoms with E-state index >= 15 is 0 Å². The Labute approximate surface area is 153 Å². The highest BCUT2D eigenvalue weighted by Gasteiger charge is 2.28. The Morgan fingerprint density at radius 1 is 1.25 bits per heavy atom. The van der Waals surface area contributed by atoms with Gasteiger partial charge in [0, 0.05) is 24.0 Å². The first-order chi connectivity index (χ1) is 11.3. The number of rotatable bonds is 6. The van der Waals surface area contributed by atoms with E-state index in [1.807, 2.05) is 0 Å². The highest BCUT2D eigenvalue weighted by atomic mass is 35.5. The molecule has 0 heterocycles. The molecule has 1 aromatic rings. The first-order valence-electron chi connectivity index (χ1n) is 7.99. The van der Waals surface area contributed by atoms with Crippen LogP contribution in [0.2, 0.25) is 10.0 Å². The van der Waals surface area contributed by atoms with Gasteiger partial charge in [0.1, 0.15) is 0 Å². The van der Waals surface area contributed by atoms with Crippen LogP contribution in [-0.2, 0) is 14.8 Å². The van der Waals surface area contributed by atoms with Gasteiger partial charge >= 0.3 is 0 Å². The Morgan fingerprint density at radius 3 is 2.50 bits per heavy atom. The summed E-state index contributed by atoms with van der Waals surface area (Å²) >= 11 is 11.8. The normalized spacial score (nSPS) is 16.3. The van der Waals surface area contributed by atoms with Gasteiger partial charge in [-0.1, -0.05) is 42.5 Å². The maximum Gasteiger partial charge on any atom is 0.225 e. The third-order valence-corrected chi connectivity index (χ3v) is 6.05. The van der Waals surface area contributed by atoms with Gasteiger partial charge in [-0.25, -0.2) is 8.42 Å². The monoisotopic (exact) mass is 392 g/mol. The SMILES string of the molecule is CS(=O)(=O)N(CCC(=O)Nc1ccc(Cl)cc1Cl)C1CCCCC1. The molecule has 0 aliphatic heterocycles. The predicted octanol–water partition coefficient (Wildman–Crippen LogP) is 3.92. The van der Waals surface area contributed by atoms with Crippen molar-refractivity contribution < 1.29 is 13.2 Å². The fraction of sp³-hybridized carbons (Fsp3) is 0.562. The lowest BCUT2D eigenvalue weighted by Crippen LogP contribution is -2.42. The molecule has 1 aromatic carbocycles. The van der Waals surface area contributed by atoms with Gasteiger partial charge in [0.25, 0.3) is 0 Å². The second kappa shape index (κ2) is 8.52. The van der Waals surface area contributed by atoms with Crippen LogP contribution in [0, 0.1) is 0 Å². The van der Waals surface area contributed by atoms with Crippen LogP contribution in [0.5, 0.6) is 0 Å². The third-order valence-electron chi connectivity index (χ3n) is 4.17. The third kappa shape index (κ3) is 5.62. The maximum absolute atomic E-state index is 12.1. The van der Waals surface area contributed by atoms with Crippen molar-refractivity contribution in [1.82, 2.24) is 4.31 Å². The number of nitrogens with one attached hydrogen (secondary N) is 1. The molecule has 0 unspecified atom stereocenters. The number of hydrogen-bond donors (Lipinski definition) is 1. The fourth-order valence-electron chi connectivity index (χ4n) is 3.00. The average Bonchev–Trinajstić information content (AvgIpc) is 2.50. The summed E-state index contributed by atoms with van der Waals surface area (Å²) in [5.41, 5.74) is 0.467. The van der Waals surface area contributed by atoms with Crippen molar-refractivity contribution in [3.8, 4) is 0 Å². The van der Waals surface area contributed by atoms with E-state index in [0.717, 1.165) is 32.1 Å². The smallest absolute Gasteiger partial charge is 0.225 e. The minimum absolute atomic E-state index is 0.000620. The fourth-order valence-corrected chi connectivity index (χ4v) is 4.63. The summed E-state index contributed by atoms with van der Waals surface area (Å²) in [6, 6.07) is 4.80. The van der Waals surface area contributed by atoms with Gasteiger partial charge in [-0.3, -0.25) is 4.79 Å². The topological polar surface area (TPSA) is 66.5 Å². The van der Waals surface area contributed by atoms with Gasteiger partial charge in [0.05, 0.1) is 17.0 Å². The van der Waals surface area contributed by atoms with E-state index in [-0.39, 0.29) is 24.9 Å². The van der Waals surface area contributed by atoms with Gasteiger partial charge in [0.2, 0.25) is 15.9 Å². The maximum atomic E-state index is 12.1. The molecule has 0 radical (unpaired) electrons. The molecule has 1 saturated carbocycles. The van der Waals surface area contributed by atoms with Crippen LogP contribution in [0.1, 0.15) is 38.5 Å². The van der Waals surface area contributed by atoms with Gasteiger partial charge in [-0.15, -0.1) is 0 Å². The summed E-state index contributed by atoms with van der Waals surface area (Å²) in [5, 5.41) is 3.53. The van der Waals surface area contributed by atoms with Crippen LogP contribution >= 0.6 is 23.2 Å². The van der Waals surface area contributed by atoms with Crippen LogP contribution in [-0.4, -0.2) is 37.5 Å². The zero-order chi connectivity index (χ0) is 17.7. The van der Waals surface area contributed by atoms with Crippen molar-refractivity contribution in [2.24, 2.45) is 0 Å². The zero-order valence-electron chi connectivity index (χ0n) is 13.6. The molecule has 134 valence electrons. The second-order valence-electron chi connectivity index (χ2n) is 6.09. The van der Waals surface area contributed by atoms with Crippen LogP contribution in [0.15, 0.2) is 18.2 Å². The lowest BCUT2D eigenvalue weighted by Gasteiger charge is -2.32. The Hall–Kier alpha value is -0.820. The van der Waals surface area contributed by atoms with Crippen molar-refractivity contribution in [2.75, 3.05) is 18.1 Å². The molecule has 1 fully saturated rings. The first kappa shape index (κ1) is 19.5. The number of hydrogen-bond acceptors (Lipinski definition) is 3. The van der Waals surface area contributed by atoms with E-state index in [1.165, 1.54) is 10.6 Å². The molecule has 1 aliphatic carbocycles. The quantitative estimate of drug-likeness (QED) is 0.797. The van der Waals surface area contributed by atoms with Gasteiger partial charge in [-0.2, -0.15) is 4.31 Å². The molecule has 2 rings (SSSR count). The second-order valence-corrected chi connectivity index (χ2v) is 8.87. The van der Waals surface area contributed by atoms with Crippen molar-refractivity contribution in [1.29, 1.82) is 0 Å². The number of carbonyl (C=O) groups excluding carboxylic acids is 1. The number of carbonyl (C=O) groups is 1. The van der Waals surface area contributed by atoms with Gasteiger partial charge in [0.15, 0.2) is 0 Å². The largest absolute Gasteiger partial charge is 0.325 e. The predicted molar refractivity (Wildman–Crippen MR) is 98.1 cm³/mol. The van der Waals surface area contributed by atoms with Crippen LogP contribution < -0.4 is 5.32 Å². The summed E-state index contributed by atoms with van der Waals surface area (Å²) in [6.07, 6.45) is 6.21. The molecule has 0 saturated heterocycles. The van der Waals surface area contributed by atoms with Crippen molar-refractivity contribution in [3.05, 3.63) is 28.2 Å². The Kier molecular flexibility index (Phi) is 6.92. The summed E-state index contributed by atoms with van der Waals surface area (Å²) in [7, 11) is -3.34. The number of sulfonamides is 1. The number of nitrogens with zero attached hydrogens (tertiary/aromatic N) is 1. The molecule has 0 atom stereocenters. The number of anilines is 1. The highest BCUT2D eigenvalue weighted by molar-refractivity contribution is 7.88. The van der Waals surface area contributed by atoms with Crippen molar-refractivity contribution in [2.45, 2.75) is 44.6 Å². The summed E-state index contributed by atoms with van der Waals surface area (Å²) in [4.78, 5) is 12.1. The molecule has 1 aliphatic rings. The van der Waals surface area contributed by atoms with E-state index in [2.05, 4.69) is 5.32 Å². The van der Waals surface area contributed by atoms with Crippen molar-refractivity contribution in [3.63, 3.8) is 0 Å². The molecule has 8 heteroatoms. The standard InChI is InChI=1S/C16H22Cl2N2O3S/c1-24(22,23)20(13-5-3-2-4-6-13)10-9-16(21)19-15-8-7-12(17)11-14(15)18/h7-8,11,13H,2-6,9-10H2,1H3,(H,19,21). The molecule has 1 amide bonds. The Bertz CT molecular complexity index is 689. The molecule has 0 bridgehead atoms. The summed E-state index contributed by atoms with van der Waals surface area (Å²) in [6.45, 7) is 0.181. The number of amides is 1. The summed E-state index contributed by atoms with van der Waals surface area (Å²) < 4.78 is 25.6. The lowest BCUT2D eigenvalue weighted by molar-refractivity contribution is -0.116. The molecule has 1 N–H and O–H groups in total. The van der Waals surface area contributed by atoms with E-state index in [0.29, 0.717) is 15.7 Å². The number of halogens is 2. The zero-order valence-corrected chi connectivity index (χ0v) is 15.9. The minimum atomic E-state index is -3.34. The molecule has 5 nitrogen and oxygen atoms in total. The van der Waals surface area contributed by atoms with E-state index in [9.17, 15) is 13.2 Å². The van der Waals surface area contributed by atoms with Gasteiger partial charge < -0.3 is 5.32 Å². The highest BCUT2D eigenvalue weighted by Crippen LogP contribution is 2.26. The lowest BCUT2D eigenvalue weighted by atomic mass is 9.95. The van der Waals surface area contributed by atoms with Crippen molar-refractivity contribution >= 4 is 44.8 Å². The van der Waals surface area contributed by atoms with E-state index in [4.69, 9.17) is 23.2 Å². The van der Waals surface area contributed by atoms with Crippen LogP contribution in [0.25, 0.3) is 0 Å². The summed E-state index contributed by atoms with van der Waals surface area (Å²) in [5.74, 6) is -0.274. The number of benzene rings is 1. The molecular formula is C16H22Cl2N2O3S. The minimum Gasteiger partial charge on any atom is -0.325 e. The molecule has 24 heavy (non-hydrogen) atoms. The van der Waals surface area contributed by atoms with Crippen LogP contribution in [0.3, 0.4) is 0 Å². The molecule has 0 spiro atoms. The van der Waals surface area contributed by atoms with E-state index < -0.39 is 10.0 Å². The van der Waals surface area contributed by atoms with Crippen LogP contribution in [0.4, 0.5) is 5.69 Å². The molecule has 0 aromatic heterocycles. The van der Waals surface area contributed by atoms with Gasteiger partial charge in [-0.05, 0) is 31.0 Å². The Balaban J connectivity index is 1.96. The van der Waals surface area contributed by atoms with E-state index in [1.54, 1.807) is 18.2 Å². The molecular weight excluding hydrogens is 371 g/mol. The average molecular weight is 393 g/mol. The first-order valence-corrected chi connectivity index (χ1v) is 10.6. The Morgan fingerprint density at radius 2 is 1.92 bits per heavy atom.